The van der Waals surface area contributed by atoms with Crippen molar-refractivity contribution >= 4 is 5.69 Å². The monoisotopic (exact) mass is 184 g/mol. The van der Waals surface area contributed by atoms with Gasteiger partial charge in [0, 0.05) is 18.5 Å². The highest BCUT2D eigenvalue weighted by atomic mass is 19.2. The number of hydrogen-bond acceptors (Lipinski definition) is 2. The van der Waals surface area contributed by atoms with Gasteiger partial charge in [-0.15, -0.1) is 0 Å². The van der Waals surface area contributed by atoms with Crippen molar-refractivity contribution in [2.75, 3.05) is 11.6 Å². The summed E-state index contributed by atoms with van der Waals surface area (Å²) in [6, 6.07) is 2.37. The fourth-order valence-corrected chi connectivity index (χ4v) is 1.69. The molecule has 1 aromatic carbocycles. The lowest BCUT2D eigenvalue weighted by Crippen LogP contribution is -2.28. The molecule has 1 aliphatic rings. The SMILES string of the molecule is CC1CN(N)c2cc(F)c(F)cc21. The van der Waals surface area contributed by atoms with E-state index in [0.717, 1.165) is 11.6 Å². The minimum Gasteiger partial charge on any atom is -0.310 e. The zero-order valence-corrected chi connectivity index (χ0v) is 7.22. The van der Waals surface area contributed by atoms with Crippen molar-refractivity contribution in [1.29, 1.82) is 0 Å². The third-order valence-electron chi connectivity index (χ3n) is 2.38. The van der Waals surface area contributed by atoms with E-state index in [1.54, 1.807) is 0 Å². The molecule has 1 unspecified atom stereocenters. The van der Waals surface area contributed by atoms with E-state index in [-0.39, 0.29) is 5.92 Å². The van der Waals surface area contributed by atoms with Crippen LogP contribution in [0.25, 0.3) is 0 Å². The second-order valence-electron chi connectivity index (χ2n) is 3.38. The normalized spacial score (nSPS) is 20.6. The van der Waals surface area contributed by atoms with Crippen molar-refractivity contribution in [3.63, 3.8) is 0 Å². The van der Waals surface area contributed by atoms with Crippen LogP contribution in [-0.4, -0.2) is 6.54 Å². The van der Waals surface area contributed by atoms with Gasteiger partial charge in [0.25, 0.3) is 0 Å². The minimum absolute atomic E-state index is 0.162. The maximum atomic E-state index is 12.8. The molecule has 1 aromatic rings. The molecule has 13 heavy (non-hydrogen) atoms. The Morgan fingerprint density at radius 3 is 2.69 bits per heavy atom. The van der Waals surface area contributed by atoms with Crippen LogP contribution in [0.5, 0.6) is 0 Å². The summed E-state index contributed by atoms with van der Waals surface area (Å²) in [5, 5.41) is 1.45. The van der Waals surface area contributed by atoms with Crippen LogP contribution < -0.4 is 10.9 Å². The zero-order valence-electron chi connectivity index (χ0n) is 7.22. The molecular weight excluding hydrogens is 174 g/mol. The number of nitrogens with zero attached hydrogens (tertiary/aromatic N) is 1. The number of benzene rings is 1. The van der Waals surface area contributed by atoms with E-state index in [0.29, 0.717) is 12.2 Å². The molecule has 0 bridgehead atoms. The van der Waals surface area contributed by atoms with E-state index in [1.807, 2.05) is 6.92 Å². The highest BCUT2D eigenvalue weighted by Crippen LogP contribution is 2.35. The Kier molecular flexibility index (Phi) is 1.73. The van der Waals surface area contributed by atoms with Gasteiger partial charge in [0.05, 0.1) is 5.69 Å². The first-order valence-corrected chi connectivity index (χ1v) is 4.10. The smallest absolute Gasteiger partial charge is 0.160 e. The van der Waals surface area contributed by atoms with Gasteiger partial charge in [-0.3, -0.25) is 0 Å². The molecule has 0 aromatic heterocycles. The molecule has 0 amide bonds. The zero-order chi connectivity index (χ0) is 9.59. The fraction of sp³-hybridized carbons (Fsp3) is 0.333. The Labute approximate surface area is 74.9 Å². The van der Waals surface area contributed by atoms with Crippen LogP contribution in [0, 0.1) is 11.6 Å². The molecule has 2 nitrogen and oxygen atoms in total. The number of fused-ring (bicyclic) bond motifs is 1. The van der Waals surface area contributed by atoms with Crippen molar-refractivity contribution in [3.8, 4) is 0 Å². The largest absolute Gasteiger partial charge is 0.310 e. The summed E-state index contributed by atoms with van der Waals surface area (Å²) in [5.74, 6) is 4.11. The molecule has 0 aliphatic carbocycles. The van der Waals surface area contributed by atoms with Crippen LogP contribution in [-0.2, 0) is 0 Å². The maximum Gasteiger partial charge on any atom is 0.160 e. The molecule has 70 valence electrons. The standard InChI is InChI=1S/C9H10F2N2/c1-5-4-13(12)9-3-8(11)7(10)2-6(5)9/h2-3,5H,4,12H2,1H3. The second-order valence-corrected chi connectivity index (χ2v) is 3.38. The highest BCUT2D eigenvalue weighted by Gasteiger charge is 2.25. The van der Waals surface area contributed by atoms with Gasteiger partial charge in [0.15, 0.2) is 11.6 Å². The van der Waals surface area contributed by atoms with Crippen LogP contribution in [0.15, 0.2) is 12.1 Å². The van der Waals surface area contributed by atoms with E-state index in [1.165, 1.54) is 11.1 Å². The van der Waals surface area contributed by atoms with Gasteiger partial charge in [-0.05, 0) is 11.6 Å². The Morgan fingerprint density at radius 2 is 2.00 bits per heavy atom. The van der Waals surface area contributed by atoms with E-state index in [9.17, 15) is 8.78 Å². The minimum atomic E-state index is -0.844. The van der Waals surface area contributed by atoms with Crippen LogP contribution in [0.3, 0.4) is 0 Å². The summed E-state index contributed by atoms with van der Waals surface area (Å²) in [6.45, 7) is 2.54. The number of nitrogens with two attached hydrogens (primary N) is 1. The highest BCUT2D eigenvalue weighted by molar-refractivity contribution is 5.59. The maximum absolute atomic E-state index is 12.8. The van der Waals surface area contributed by atoms with Crippen LogP contribution in [0.2, 0.25) is 0 Å². The first kappa shape index (κ1) is 8.44. The van der Waals surface area contributed by atoms with Crippen molar-refractivity contribution < 1.29 is 8.78 Å². The summed E-state index contributed by atoms with van der Waals surface area (Å²) in [7, 11) is 0. The average Bonchev–Trinajstić information content (AvgIpc) is 2.31. The molecule has 0 radical (unpaired) electrons. The van der Waals surface area contributed by atoms with Gasteiger partial charge < -0.3 is 5.01 Å². The Bertz CT molecular complexity index is 319. The van der Waals surface area contributed by atoms with Gasteiger partial charge in [0.1, 0.15) is 0 Å². The Morgan fingerprint density at radius 1 is 1.38 bits per heavy atom. The Hall–Kier alpha value is -1.16. The summed E-state index contributed by atoms with van der Waals surface area (Å²) in [5.41, 5.74) is 1.37. The van der Waals surface area contributed by atoms with Gasteiger partial charge in [-0.1, -0.05) is 6.92 Å². The van der Waals surface area contributed by atoms with Gasteiger partial charge >= 0.3 is 0 Å². The van der Waals surface area contributed by atoms with Crippen LogP contribution >= 0.6 is 0 Å². The predicted octanol–water partition coefficient (Wildman–Crippen LogP) is 1.76. The molecule has 2 rings (SSSR count). The van der Waals surface area contributed by atoms with Gasteiger partial charge in [-0.2, -0.15) is 0 Å². The number of hydrazine groups is 1. The van der Waals surface area contributed by atoms with Crippen molar-refractivity contribution in [2.45, 2.75) is 12.8 Å². The molecule has 1 atom stereocenters. The topological polar surface area (TPSA) is 29.3 Å². The number of anilines is 1. The molecule has 1 aliphatic heterocycles. The van der Waals surface area contributed by atoms with Gasteiger partial charge in [0.2, 0.25) is 0 Å². The molecular formula is C9H10F2N2. The number of hydrogen-bond donors (Lipinski definition) is 1. The van der Waals surface area contributed by atoms with Gasteiger partial charge in [-0.25, -0.2) is 14.6 Å². The third kappa shape index (κ3) is 1.18. The lowest BCUT2D eigenvalue weighted by Gasteiger charge is -2.10. The van der Waals surface area contributed by atoms with Crippen molar-refractivity contribution in [1.82, 2.24) is 0 Å². The van der Waals surface area contributed by atoms with E-state index >= 15 is 0 Å². The molecule has 1 heterocycles. The quantitative estimate of drug-likeness (QED) is 0.622. The molecule has 2 N–H and O–H groups in total. The first-order chi connectivity index (χ1) is 6.09. The predicted molar refractivity (Wildman–Crippen MR) is 46.3 cm³/mol. The summed E-state index contributed by atoms with van der Waals surface area (Å²) >= 11 is 0. The second kappa shape index (κ2) is 2.67. The van der Waals surface area contributed by atoms with E-state index in [4.69, 9.17) is 5.84 Å². The van der Waals surface area contributed by atoms with E-state index in [2.05, 4.69) is 0 Å². The third-order valence-corrected chi connectivity index (χ3v) is 2.38. The van der Waals surface area contributed by atoms with E-state index < -0.39 is 11.6 Å². The van der Waals surface area contributed by atoms with Crippen molar-refractivity contribution in [3.05, 3.63) is 29.3 Å². The summed E-state index contributed by atoms with van der Waals surface area (Å²) < 4.78 is 25.7. The van der Waals surface area contributed by atoms with Crippen molar-refractivity contribution in [2.24, 2.45) is 5.84 Å². The average molecular weight is 184 g/mol. The van der Waals surface area contributed by atoms with Crippen LogP contribution in [0.1, 0.15) is 18.4 Å². The number of rotatable bonds is 0. The lowest BCUT2D eigenvalue weighted by atomic mass is 10.0. The lowest BCUT2D eigenvalue weighted by molar-refractivity contribution is 0.507. The fourth-order valence-electron chi connectivity index (χ4n) is 1.69. The summed E-state index contributed by atoms with van der Waals surface area (Å²) in [6.07, 6.45) is 0. The molecule has 0 saturated heterocycles. The first-order valence-electron chi connectivity index (χ1n) is 4.10. The molecule has 0 fully saturated rings. The molecule has 0 saturated carbocycles. The Balaban J connectivity index is 2.58. The molecule has 4 heteroatoms. The number of halogens is 2. The van der Waals surface area contributed by atoms with Crippen LogP contribution in [0.4, 0.5) is 14.5 Å². The summed E-state index contributed by atoms with van der Waals surface area (Å²) in [4.78, 5) is 0. The molecule has 0 spiro atoms.